The van der Waals surface area contributed by atoms with Gasteiger partial charge in [-0.3, -0.25) is 9.59 Å². The number of carbonyl (C=O) groups is 2. The third-order valence-electron chi connectivity index (χ3n) is 3.30. The largest absolute Gasteiger partial charge is 0.318 e. The van der Waals surface area contributed by atoms with Gasteiger partial charge >= 0.3 is 0 Å². The van der Waals surface area contributed by atoms with E-state index >= 15 is 0 Å². The summed E-state index contributed by atoms with van der Waals surface area (Å²) >= 11 is 1.86. The molecule has 3 rings (SSSR count). The first-order valence-corrected chi connectivity index (χ1v) is 6.78. The summed E-state index contributed by atoms with van der Waals surface area (Å²) in [5, 5.41) is 3.31. The van der Waals surface area contributed by atoms with E-state index in [1.807, 2.05) is 23.9 Å². The molecule has 3 nitrogen and oxygen atoms in total. The van der Waals surface area contributed by atoms with E-state index in [0.717, 1.165) is 4.90 Å². The van der Waals surface area contributed by atoms with Crippen molar-refractivity contribution in [2.24, 2.45) is 0 Å². The van der Waals surface area contributed by atoms with Crippen molar-refractivity contribution in [1.29, 1.82) is 0 Å². The zero-order valence-electron chi connectivity index (χ0n) is 9.36. The molecule has 4 heteroatoms. The van der Waals surface area contributed by atoms with E-state index in [0.29, 0.717) is 16.5 Å². The second kappa shape index (κ2) is 4.18. The van der Waals surface area contributed by atoms with Crippen molar-refractivity contribution in [3.63, 3.8) is 0 Å². The number of ketones is 1. The zero-order chi connectivity index (χ0) is 11.8. The molecular weight excluding hydrogens is 234 g/mol. The van der Waals surface area contributed by atoms with Gasteiger partial charge in [0, 0.05) is 10.1 Å². The first-order chi connectivity index (χ1) is 8.24. The van der Waals surface area contributed by atoms with Crippen molar-refractivity contribution < 1.29 is 9.59 Å². The quantitative estimate of drug-likeness (QED) is 0.817. The van der Waals surface area contributed by atoms with Crippen molar-refractivity contribution in [2.75, 3.05) is 5.32 Å². The Balaban J connectivity index is 1.82. The topological polar surface area (TPSA) is 46.2 Å². The molecule has 1 aliphatic heterocycles. The van der Waals surface area contributed by atoms with Crippen LogP contribution in [0.1, 0.15) is 36.0 Å². The van der Waals surface area contributed by atoms with E-state index in [1.54, 1.807) is 6.07 Å². The molecule has 0 radical (unpaired) electrons. The predicted molar refractivity (Wildman–Crippen MR) is 67.5 cm³/mol. The van der Waals surface area contributed by atoms with Gasteiger partial charge in [0.05, 0.1) is 11.3 Å². The zero-order valence-corrected chi connectivity index (χ0v) is 10.2. The molecular formula is C13H13NO2S. The van der Waals surface area contributed by atoms with Gasteiger partial charge < -0.3 is 5.32 Å². The number of fused-ring (bicyclic) bond motifs is 1. The van der Waals surface area contributed by atoms with E-state index < -0.39 is 11.7 Å². The highest BCUT2D eigenvalue weighted by Crippen LogP contribution is 2.37. The number of carbonyl (C=O) groups excluding carboxylic acids is 2. The second-order valence-electron chi connectivity index (χ2n) is 4.51. The Morgan fingerprint density at radius 1 is 1.18 bits per heavy atom. The molecule has 0 bridgehead atoms. The molecule has 2 aliphatic rings. The number of nitrogens with one attached hydrogen (secondary N) is 1. The fourth-order valence-corrected chi connectivity index (χ4v) is 3.68. The Labute approximate surface area is 104 Å². The average Bonchev–Trinajstić information content (AvgIpc) is 2.89. The molecule has 0 saturated heterocycles. The van der Waals surface area contributed by atoms with Gasteiger partial charge in [0.15, 0.2) is 0 Å². The molecule has 17 heavy (non-hydrogen) atoms. The van der Waals surface area contributed by atoms with Crippen molar-refractivity contribution >= 4 is 29.1 Å². The van der Waals surface area contributed by atoms with E-state index in [2.05, 4.69) is 5.32 Å². The first-order valence-electron chi connectivity index (χ1n) is 5.90. The second-order valence-corrected chi connectivity index (χ2v) is 5.89. The van der Waals surface area contributed by atoms with Gasteiger partial charge in [0.1, 0.15) is 0 Å². The van der Waals surface area contributed by atoms with Gasteiger partial charge in [-0.25, -0.2) is 0 Å². The summed E-state index contributed by atoms with van der Waals surface area (Å²) < 4.78 is 0. The molecule has 1 fully saturated rings. The number of thioether (sulfide) groups is 1. The number of hydrogen-bond donors (Lipinski definition) is 1. The minimum absolute atomic E-state index is 0.419. The molecule has 1 N–H and O–H groups in total. The monoisotopic (exact) mass is 247 g/mol. The van der Waals surface area contributed by atoms with Gasteiger partial charge in [0.2, 0.25) is 0 Å². The minimum Gasteiger partial charge on any atom is -0.318 e. The summed E-state index contributed by atoms with van der Waals surface area (Å²) in [6.07, 6.45) is 5.18. The minimum atomic E-state index is -0.511. The Kier molecular flexibility index (Phi) is 2.67. The van der Waals surface area contributed by atoms with Crippen LogP contribution in [0.3, 0.4) is 0 Å². The highest BCUT2D eigenvalue weighted by molar-refractivity contribution is 8.00. The van der Waals surface area contributed by atoms with Crippen LogP contribution in [-0.2, 0) is 4.79 Å². The normalized spacial score (nSPS) is 19.5. The summed E-state index contributed by atoms with van der Waals surface area (Å²) in [4.78, 5) is 23.8. The molecule has 1 amide bonds. The number of rotatable bonds is 2. The third kappa shape index (κ3) is 1.97. The van der Waals surface area contributed by atoms with E-state index in [-0.39, 0.29) is 0 Å². The number of anilines is 1. The Morgan fingerprint density at radius 2 is 1.94 bits per heavy atom. The molecule has 1 heterocycles. The van der Waals surface area contributed by atoms with Crippen LogP contribution in [0, 0.1) is 0 Å². The van der Waals surface area contributed by atoms with Crippen LogP contribution >= 0.6 is 11.8 Å². The van der Waals surface area contributed by atoms with Gasteiger partial charge in [0.25, 0.3) is 11.7 Å². The molecule has 1 aliphatic carbocycles. The van der Waals surface area contributed by atoms with E-state index in [1.165, 1.54) is 25.7 Å². The fourth-order valence-electron chi connectivity index (χ4n) is 2.40. The van der Waals surface area contributed by atoms with Crippen molar-refractivity contribution in [3.8, 4) is 0 Å². The number of amides is 1. The Bertz CT molecular complexity index is 492. The van der Waals surface area contributed by atoms with Gasteiger partial charge in [-0.1, -0.05) is 12.8 Å². The first kappa shape index (κ1) is 10.8. The lowest BCUT2D eigenvalue weighted by atomic mass is 10.1. The van der Waals surface area contributed by atoms with Crippen molar-refractivity contribution in [2.45, 2.75) is 35.8 Å². The lowest BCUT2D eigenvalue weighted by molar-refractivity contribution is -0.112. The molecule has 0 spiro atoms. The summed E-state index contributed by atoms with van der Waals surface area (Å²) in [6, 6.07) is 5.62. The van der Waals surface area contributed by atoms with Crippen LogP contribution in [0.5, 0.6) is 0 Å². The highest BCUT2D eigenvalue weighted by atomic mass is 32.2. The van der Waals surface area contributed by atoms with Crippen LogP contribution in [0.2, 0.25) is 0 Å². The van der Waals surface area contributed by atoms with Crippen LogP contribution in [0.25, 0.3) is 0 Å². The molecule has 0 aromatic heterocycles. The van der Waals surface area contributed by atoms with Gasteiger partial charge in [-0.2, -0.15) is 0 Å². The maximum atomic E-state index is 11.4. The average molecular weight is 247 g/mol. The maximum absolute atomic E-state index is 11.4. The summed E-state index contributed by atoms with van der Waals surface area (Å²) in [5.41, 5.74) is 1.17. The van der Waals surface area contributed by atoms with Crippen LogP contribution < -0.4 is 5.32 Å². The molecule has 88 valence electrons. The predicted octanol–water partition coefficient (Wildman–Crippen LogP) is 2.86. The summed E-state index contributed by atoms with van der Waals surface area (Å²) in [5.74, 6) is -0.930. The molecule has 1 aromatic carbocycles. The molecule has 1 saturated carbocycles. The number of benzene rings is 1. The molecule has 0 unspecified atom stereocenters. The molecule has 0 atom stereocenters. The van der Waals surface area contributed by atoms with Crippen LogP contribution in [0.15, 0.2) is 23.1 Å². The van der Waals surface area contributed by atoms with E-state index in [4.69, 9.17) is 0 Å². The maximum Gasteiger partial charge on any atom is 0.296 e. The van der Waals surface area contributed by atoms with E-state index in [9.17, 15) is 9.59 Å². The highest BCUT2D eigenvalue weighted by Gasteiger charge is 2.28. The smallest absolute Gasteiger partial charge is 0.296 e. The summed E-state index contributed by atoms with van der Waals surface area (Å²) in [7, 11) is 0. The lowest BCUT2D eigenvalue weighted by Gasteiger charge is -2.09. The van der Waals surface area contributed by atoms with Gasteiger partial charge in [-0.15, -0.1) is 11.8 Å². The van der Waals surface area contributed by atoms with Crippen LogP contribution in [-0.4, -0.2) is 16.9 Å². The van der Waals surface area contributed by atoms with Crippen LogP contribution in [0.4, 0.5) is 5.69 Å². The van der Waals surface area contributed by atoms with Crippen molar-refractivity contribution in [3.05, 3.63) is 23.8 Å². The number of hydrogen-bond acceptors (Lipinski definition) is 3. The number of Topliss-reactive ketones (excluding diaryl/α,β-unsaturated/α-hetero) is 1. The lowest BCUT2D eigenvalue weighted by Crippen LogP contribution is -2.12. The van der Waals surface area contributed by atoms with Crippen molar-refractivity contribution in [1.82, 2.24) is 0 Å². The van der Waals surface area contributed by atoms with Gasteiger partial charge in [-0.05, 0) is 31.0 Å². The SMILES string of the molecule is O=C1Nc2cc(SC3CCCC3)ccc2C1=O. The Morgan fingerprint density at radius 3 is 2.71 bits per heavy atom. The summed E-state index contributed by atoms with van der Waals surface area (Å²) in [6.45, 7) is 0. The third-order valence-corrected chi connectivity index (χ3v) is 4.63. The fraction of sp³-hybridized carbons (Fsp3) is 0.385. The standard InChI is InChI=1S/C13H13NO2S/c15-12-10-6-5-9(7-11(10)14-13(12)16)17-8-3-1-2-4-8/h5-8H,1-4H2,(H,14,15,16). The molecule has 1 aromatic rings. The Hall–Kier alpha value is -1.29.